The van der Waals surface area contributed by atoms with Gasteiger partial charge in [0.05, 0.1) is 10.5 Å². The van der Waals surface area contributed by atoms with E-state index in [0.29, 0.717) is 5.56 Å². The first kappa shape index (κ1) is 18.7. The van der Waals surface area contributed by atoms with Crippen molar-refractivity contribution in [3.63, 3.8) is 0 Å². The predicted molar refractivity (Wildman–Crippen MR) is 93.7 cm³/mol. The monoisotopic (exact) mass is 356 g/mol. The zero-order valence-electron chi connectivity index (χ0n) is 13.6. The first-order valence-electron chi connectivity index (χ1n) is 7.60. The molecule has 0 bridgehead atoms. The number of carbonyl (C=O) groups excluding carboxylic acids is 1. The molecule has 0 saturated heterocycles. The van der Waals surface area contributed by atoms with E-state index in [1.807, 2.05) is 30.3 Å². The Balaban J connectivity index is 1.89. The molecule has 1 amide bonds. The summed E-state index contributed by atoms with van der Waals surface area (Å²) in [5.41, 5.74) is 0.655. The number of benzene rings is 2. The van der Waals surface area contributed by atoms with Crippen LogP contribution in [-0.4, -0.2) is 28.6 Å². The van der Waals surface area contributed by atoms with Gasteiger partial charge in [0.15, 0.2) is 0 Å². The second-order valence-corrected chi connectivity index (χ2v) is 5.18. The molecule has 2 aromatic rings. The molecule has 2 N–H and O–H groups in total. The summed E-state index contributed by atoms with van der Waals surface area (Å²) in [6.07, 6.45) is 2.38. The number of ether oxygens (including phenoxy) is 1. The Kier molecular flexibility index (Phi) is 6.44. The van der Waals surface area contributed by atoms with Crippen molar-refractivity contribution in [2.75, 3.05) is 6.54 Å². The molecule has 0 unspecified atom stereocenters. The molecular weight excluding hydrogens is 340 g/mol. The smallest absolute Gasteiger partial charge is 0.407 e. The van der Waals surface area contributed by atoms with Crippen LogP contribution in [0.15, 0.2) is 54.6 Å². The second-order valence-electron chi connectivity index (χ2n) is 5.18. The minimum Gasteiger partial charge on any atom is -0.478 e. The zero-order valence-corrected chi connectivity index (χ0v) is 13.6. The van der Waals surface area contributed by atoms with E-state index in [2.05, 4.69) is 5.32 Å². The maximum absolute atomic E-state index is 11.6. The van der Waals surface area contributed by atoms with Crippen molar-refractivity contribution in [3.05, 3.63) is 81.4 Å². The lowest BCUT2D eigenvalue weighted by Gasteiger charge is -2.05. The van der Waals surface area contributed by atoms with Gasteiger partial charge in [0.2, 0.25) is 0 Å². The lowest BCUT2D eigenvalue weighted by molar-refractivity contribution is -0.384. The molecule has 0 aromatic heterocycles. The van der Waals surface area contributed by atoms with E-state index in [1.165, 1.54) is 24.3 Å². The standard InChI is InChI=1S/C18H16N2O6/c21-17(22)16-11-15(20(24)25)9-8-14(16)7-4-10-19-18(23)26-12-13-5-2-1-3-6-13/h1-9,11H,10,12H2,(H,19,23)(H,21,22). The van der Waals surface area contributed by atoms with Gasteiger partial charge in [-0.3, -0.25) is 10.1 Å². The second kappa shape index (κ2) is 8.97. The van der Waals surface area contributed by atoms with E-state index in [-0.39, 0.29) is 24.4 Å². The van der Waals surface area contributed by atoms with Crippen LogP contribution >= 0.6 is 0 Å². The molecule has 0 heterocycles. The number of amides is 1. The Bertz CT molecular complexity index is 833. The van der Waals surface area contributed by atoms with Gasteiger partial charge in [-0.25, -0.2) is 9.59 Å². The molecule has 8 nitrogen and oxygen atoms in total. The van der Waals surface area contributed by atoms with Crippen LogP contribution in [0.2, 0.25) is 0 Å². The number of carboxylic acid groups (broad SMARTS) is 1. The van der Waals surface area contributed by atoms with E-state index in [4.69, 9.17) is 9.84 Å². The third-order valence-corrected chi connectivity index (χ3v) is 3.35. The van der Waals surface area contributed by atoms with Gasteiger partial charge in [-0.05, 0) is 17.2 Å². The van der Waals surface area contributed by atoms with E-state index >= 15 is 0 Å². The highest BCUT2D eigenvalue weighted by Crippen LogP contribution is 2.19. The Morgan fingerprint density at radius 1 is 1.19 bits per heavy atom. The molecular formula is C18H16N2O6. The van der Waals surface area contributed by atoms with Crippen molar-refractivity contribution in [3.8, 4) is 0 Å². The van der Waals surface area contributed by atoms with Gasteiger partial charge < -0.3 is 15.2 Å². The van der Waals surface area contributed by atoms with E-state index in [9.17, 15) is 19.7 Å². The van der Waals surface area contributed by atoms with Crippen LogP contribution in [0.3, 0.4) is 0 Å². The normalized spacial score (nSPS) is 10.5. The van der Waals surface area contributed by atoms with Gasteiger partial charge in [-0.15, -0.1) is 0 Å². The topological polar surface area (TPSA) is 119 Å². The Morgan fingerprint density at radius 2 is 1.92 bits per heavy atom. The van der Waals surface area contributed by atoms with Crippen LogP contribution < -0.4 is 5.32 Å². The van der Waals surface area contributed by atoms with Crippen LogP contribution in [0.1, 0.15) is 21.5 Å². The molecule has 0 aliphatic carbocycles. The van der Waals surface area contributed by atoms with E-state index in [0.717, 1.165) is 11.6 Å². The minimum atomic E-state index is -1.27. The van der Waals surface area contributed by atoms with Crippen LogP contribution in [-0.2, 0) is 11.3 Å². The molecule has 0 fully saturated rings. The molecule has 0 radical (unpaired) electrons. The summed E-state index contributed by atoms with van der Waals surface area (Å²) in [7, 11) is 0. The number of nitro benzene ring substituents is 1. The zero-order chi connectivity index (χ0) is 18.9. The number of nitrogens with one attached hydrogen (secondary N) is 1. The summed E-state index contributed by atoms with van der Waals surface area (Å²) < 4.78 is 5.03. The molecule has 134 valence electrons. The Morgan fingerprint density at radius 3 is 2.58 bits per heavy atom. The van der Waals surface area contributed by atoms with Gasteiger partial charge in [-0.1, -0.05) is 42.5 Å². The molecule has 0 spiro atoms. The van der Waals surface area contributed by atoms with Gasteiger partial charge in [0, 0.05) is 18.7 Å². The van der Waals surface area contributed by atoms with Crippen molar-refractivity contribution in [2.24, 2.45) is 0 Å². The highest BCUT2D eigenvalue weighted by molar-refractivity contribution is 5.93. The quantitative estimate of drug-likeness (QED) is 0.581. The maximum Gasteiger partial charge on any atom is 0.407 e. The maximum atomic E-state index is 11.6. The first-order chi connectivity index (χ1) is 12.5. The lowest BCUT2D eigenvalue weighted by Crippen LogP contribution is -2.24. The average molecular weight is 356 g/mol. The SMILES string of the molecule is O=C(NCC=Cc1ccc([N+](=O)[O-])cc1C(=O)O)OCc1ccccc1. The highest BCUT2D eigenvalue weighted by atomic mass is 16.6. The third kappa shape index (κ3) is 5.45. The number of carbonyl (C=O) groups is 2. The predicted octanol–water partition coefficient (Wildman–Crippen LogP) is 3.23. The summed E-state index contributed by atoms with van der Waals surface area (Å²) in [6, 6.07) is 12.7. The molecule has 0 saturated carbocycles. The number of non-ortho nitro benzene ring substituents is 1. The number of rotatable bonds is 7. The fourth-order valence-electron chi connectivity index (χ4n) is 2.09. The molecule has 26 heavy (non-hydrogen) atoms. The summed E-state index contributed by atoms with van der Waals surface area (Å²) >= 11 is 0. The molecule has 8 heteroatoms. The number of hydrogen-bond donors (Lipinski definition) is 2. The van der Waals surface area contributed by atoms with Crippen molar-refractivity contribution < 1.29 is 24.4 Å². The number of hydrogen-bond acceptors (Lipinski definition) is 5. The lowest BCUT2D eigenvalue weighted by atomic mass is 10.1. The highest BCUT2D eigenvalue weighted by Gasteiger charge is 2.14. The summed E-state index contributed by atoms with van der Waals surface area (Å²) in [5.74, 6) is -1.27. The van der Waals surface area contributed by atoms with Gasteiger partial charge in [-0.2, -0.15) is 0 Å². The van der Waals surface area contributed by atoms with Crippen molar-refractivity contribution >= 4 is 23.8 Å². The number of nitrogens with zero attached hydrogens (tertiary/aromatic N) is 1. The Hall–Kier alpha value is -3.68. The molecule has 0 aliphatic rings. The third-order valence-electron chi connectivity index (χ3n) is 3.35. The van der Waals surface area contributed by atoms with Crippen molar-refractivity contribution in [1.29, 1.82) is 0 Å². The van der Waals surface area contributed by atoms with Crippen LogP contribution in [0, 0.1) is 10.1 Å². The first-order valence-corrected chi connectivity index (χ1v) is 7.60. The molecule has 2 aromatic carbocycles. The summed E-state index contributed by atoms with van der Waals surface area (Å²) in [5, 5.41) is 22.4. The van der Waals surface area contributed by atoms with Crippen LogP contribution in [0.25, 0.3) is 6.08 Å². The van der Waals surface area contributed by atoms with E-state index in [1.54, 1.807) is 0 Å². The van der Waals surface area contributed by atoms with Crippen LogP contribution in [0.5, 0.6) is 0 Å². The minimum absolute atomic E-state index is 0.115. The number of aromatic carboxylic acids is 1. The number of nitro groups is 1. The van der Waals surface area contributed by atoms with Gasteiger partial charge in [0.1, 0.15) is 6.61 Å². The Labute approximate surface area is 148 Å². The summed E-state index contributed by atoms with van der Waals surface area (Å²) in [6.45, 7) is 0.256. The fraction of sp³-hybridized carbons (Fsp3) is 0.111. The average Bonchev–Trinajstić information content (AvgIpc) is 2.64. The molecule has 0 aliphatic heterocycles. The van der Waals surface area contributed by atoms with Gasteiger partial charge in [0.25, 0.3) is 5.69 Å². The van der Waals surface area contributed by atoms with Gasteiger partial charge >= 0.3 is 12.1 Å². The van der Waals surface area contributed by atoms with Crippen LogP contribution in [0.4, 0.5) is 10.5 Å². The summed E-state index contributed by atoms with van der Waals surface area (Å²) in [4.78, 5) is 32.9. The molecule has 2 rings (SSSR count). The van der Waals surface area contributed by atoms with Crippen molar-refractivity contribution in [1.82, 2.24) is 5.32 Å². The number of alkyl carbamates (subject to hydrolysis) is 1. The van der Waals surface area contributed by atoms with E-state index < -0.39 is 17.0 Å². The number of carboxylic acids is 1. The fourth-order valence-corrected chi connectivity index (χ4v) is 2.09. The largest absolute Gasteiger partial charge is 0.478 e. The van der Waals surface area contributed by atoms with Crippen molar-refractivity contribution in [2.45, 2.75) is 6.61 Å². The molecule has 0 atom stereocenters.